The monoisotopic (exact) mass is 283 g/mol. The van der Waals surface area contributed by atoms with Crippen LogP contribution in [-0.4, -0.2) is 55.7 Å². The van der Waals surface area contributed by atoms with E-state index in [4.69, 9.17) is 10.5 Å². The van der Waals surface area contributed by atoms with Gasteiger partial charge in [-0.25, -0.2) is 0 Å². The summed E-state index contributed by atoms with van der Waals surface area (Å²) >= 11 is 0. The van der Waals surface area contributed by atoms with E-state index in [1.54, 1.807) is 0 Å². The summed E-state index contributed by atoms with van der Waals surface area (Å²) in [4.78, 5) is 14.7. The van der Waals surface area contributed by atoms with Crippen LogP contribution in [0.1, 0.15) is 39.0 Å². The quantitative estimate of drug-likeness (QED) is 0.780. The van der Waals surface area contributed by atoms with Crippen molar-refractivity contribution in [3.05, 3.63) is 0 Å². The van der Waals surface area contributed by atoms with Gasteiger partial charge in [-0.3, -0.25) is 9.69 Å². The van der Waals surface area contributed by atoms with E-state index in [9.17, 15) is 4.79 Å². The minimum absolute atomic E-state index is 0.118. The van der Waals surface area contributed by atoms with E-state index in [0.29, 0.717) is 18.6 Å². The molecule has 1 saturated heterocycles. The first kappa shape index (κ1) is 15.7. The molecule has 5 nitrogen and oxygen atoms in total. The summed E-state index contributed by atoms with van der Waals surface area (Å²) in [5, 5.41) is 3.01. The number of nitrogens with zero attached hydrogens (tertiary/aromatic N) is 1. The lowest BCUT2D eigenvalue weighted by atomic mass is 9.82. The molecule has 3 unspecified atom stereocenters. The number of hydrogen-bond donors (Lipinski definition) is 2. The Hall–Kier alpha value is -0.650. The van der Waals surface area contributed by atoms with Crippen LogP contribution in [0.2, 0.25) is 0 Å². The van der Waals surface area contributed by atoms with Crippen LogP contribution in [0.5, 0.6) is 0 Å². The molecule has 0 aromatic rings. The largest absolute Gasteiger partial charge is 0.378 e. The Morgan fingerprint density at radius 1 is 1.40 bits per heavy atom. The molecule has 1 amide bonds. The summed E-state index contributed by atoms with van der Waals surface area (Å²) in [5.41, 5.74) is 5.94. The molecule has 2 rings (SSSR count). The molecule has 3 atom stereocenters. The van der Waals surface area contributed by atoms with Crippen molar-refractivity contribution < 1.29 is 9.53 Å². The van der Waals surface area contributed by atoms with Crippen LogP contribution in [-0.2, 0) is 9.53 Å². The van der Waals surface area contributed by atoms with Crippen LogP contribution < -0.4 is 11.1 Å². The fourth-order valence-electron chi connectivity index (χ4n) is 3.51. The van der Waals surface area contributed by atoms with Crippen LogP contribution in [0, 0.1) is 5.92 Å². The third kappa shape index (κ3) is 3.71. The average molecular weight is 283 g/mol. The molecule has 1 heterocycles. The summed E-state index contributed by atoms with van der Waals surface area (Å²) in [6, 6.07) is 0.322. The maximum Gasteiger partial charge on any atom is 0.239 e. The number of ether oxygens (including phenoxy) is 1. The number of nitrogens with two attached hydrogens (primary N) is 1. The van der Waals surface area contributed by atoms with Gasteiger partial charge in [-0.2, -0.15) is 0 Å². The zero-order valence-electron chi connectivity index (χ0n) is 12.6. The van der Waals surface area contributed by atoms with Gasteiger partial charge in [-0.1, -0.05) is 19.8 Å². The van der Waals surface area contributed by atoms with Gasteiger partial charge in [0.15, 0.2) is 0 Å². The molecule has 0 spiro atoms. The summed E-state index contributed by atoms with van der Waals surface area (Å²) in [5.74, 6) is 0.649. The predicted octanol–water partition coefficient (Wildman–Crippen LogP) is 0.731. The molecule has 5 heteroatoms. The molecular formula is C15H29N3O2. The first-order chi connectivity index (χ1) is 9.77. The normalized spacial score (nSPS) is 32.0. The van der Waals surface area contributed by atoms with Crippen LogP contribution in [0.3, 0.4) is 0 Å². The average Bonchev–Trinajstić information content (AvgIpc) is 2.52. The molecule has 0 radical (unpaired) electrons. The second-order valence-corrected chi connectivity index (χ2v) is 5.97. The third-order valence-corrected chi connectivity index (χ3v) is 4.62. The van der Waals surface area contributed by atoms with E-state index in [0.717, 1.165) is 32.7 Å². The fraction of sp³-hybridized carbons (Fsp3) is 0.933. The molecule has 3 N–H and O–H groups in total. The fourth-order valence-corrected chi connectivity index (χ4v) is 3.51. The molecule has 1 aliphatic carbocycles. The summed E-state index contributed by atoms with van der Waals surface area (Å²) < 4.78 is 5.54. The van der Waals surface area contributed by atoms with Gasteiger partial charge in [0.25, 0.3) is 0 Å². The highest BCUT2D eigenvalue weighted by atomic mass is 16.5. The minimum atomic E-state index is -0.132. The molecule has 116 valence electrons. The van der Waals surface area contributed by atoms with Crippen LogP contribution in [0.25, 0.3) is 0 Å². The molecule has 1 aliphatic heterocycles. The molecule has 2 aliphatic rings. The van der Waals surface area contributed by atoms with E-state index in [1.165, 1.54) is 25.7 Å². The first-order valence-corrected chi connectivity index (χ1v) is 8.09. The molecule has 0 bridgehead atoms. The summed E-state index contributed by atoms with van der Waals surface area (Å²) in [6.45, 7) is 5.64. The van der Waals surface area contributed by atoms with Crippen molar-refractivity contribution in [2.45, 2.75) is 51.1 Å². The van der Waals surface area contributed by atoms with E-state index in [1.807, 2.05) is 0 Å². The second kappa shape index (κ2) is 7.96. The smallest absolute Gasteiger partial charge is 0.239 e. The van der Waals surface area contributed by atoms with Gasteiger partial charge in [0.2, 0.25) is 5.91 Å². The van der Waals surface area contributed by atoms with Gasteiger partial charge < -0.3 is 15.8 Å². The van der Waals surface area contributed by atoms with Crippen molar-refractivity contribution >= 4 is 5.91 Å². The van der Waals surface area contributed by atoms with Crippen LogP contribution in [0.4, 0.5) is 0 Å². The van der Waals surface area contributed by atoms with Gasteiger partial charge >= 0.3 is 0 Å². The molecule has 0 aromatic heterocycles. The Morgan fingerprint density at radius 3 is 2.95 bits per heavy atom. The number of hydrogen-bond acceptors (Lipinski definition) is 4. The Morgan fingerprint density at radius 2 is 2.20 bits per heavy atom. The van der Waals surface area contributed by atoms with Crippen molar-refractivity contribution in [3.63, 3.8) is 0 Å². The summed E-state index contributed by atoms with van der Waals surface area (Å²) in [7, 11) is 0. The van der Waals surface area contributed by atoms with Crippen LogP contribution in [0.15, 0.2) is 0 Å². The standard InChI is InChI=1S/C15H29N3O2/c1-2-7-17-15(19)14-11-20-9-8-18(14)13-6-4-3-5-12(13)10-16/h12-14H,2-11,16H2,1H3,(H,17,19). The van der Waals surface area contributed by atoms with Gasteiger partial charge in [-0.05, 0) is 31.7 Å². The highest BCUT2D eigenvalue weighted by Gasteiger charge is 2.38. The summed E-state index contributed by atoms with van der Waals surface area (Å²) in [6.07, 6.45) is 5.85. The first-order valence-electron chi connectivity index (χ1n) is 8.09. The topological polar surface area (TPSA) is 67.6 Å². The second-order valence-electron chi connectivity index (χ2n) is 5.97. The highest BCUT2D eigenvalue weighted by Crippen LogP contribution is 2.30. The van der Waals surface area contributed by atoms with Gasteiger partial charge in [-0.15, -0.1) is 0 Å². The number of nitrogens with one attached hydrogen (secondary N) is 1. The molecule has 20 heavy (non-hydrogen) atoms. The zero-order chi connectivity index (χ0) is 14.4. The zero-order valence-corrected chi connectivity index (χ0v) is 12.6. The maximum atomic E-state index is 12.3. The van der Waals surface area contributed by atoms with E-state index >= 15 is 0 Å². The van der Waals surface area contributed by atoms with E-state index in [2.05, 4.69) is 17.1 Å². The third-order valence-electron chi connectivity index (χ3n) is 4.62. The Balaban J connectivity index is 2.03. The maximum absolute atomic E-state index is 12.3. The lowest BCUT2D eigenvalue weighted by Gasteiger charge is -2.45. The van der Waals surface area contributed by atoms with Crippen molar-refractivity contribution in [2.24, 2.45) is 11.7 Å². The van der Waals surface area contributed by atoms with Gasteiger partial charge in [0, 0.05) is 19.1 Å². The van der Waals surface area contributed by atoms with Crippen molar-refractivity contribution in [3.8, 4) is 0 Å². The van der Waals surface area contributed by atoms with E-state index in [-0.39, 0.29) is 11.9 Å². The lowest BCUT2D eigenvalue weighted by Crippen LogP contribution is -2.60. The van der Waals surface area contributed by atoms with Gasteiger partial charge in [0.1, 0.15) is 6.04 Å². The molecular weight excluding hydrogens is 254 g/mol. The SMILES string of the molecule is CCCNC(=O)C1COCCN1C1CCCCC1CN. The minimum Gasteiger partial charge on any atom is -0.378 e. The Labute approximate surface area is 122 Å². The van der Waals surface area contributed by atoms with Crippen LogP contribution >= 0.6 is 0 Å². The number of carbonyl (C=O) groups excluding carboxylic acids is 1. The molecule has 0 aromatic carbocycles. The molecule has 1 saturated carbocycles. The highest BCUT2D eigenvalue weighted by molar-refractivity contribution is 5.82. The van der Waals surface area contributed by atoms with E-state index < -0.39 is 0 Å². The van der Waals surface area contributed by atoms with Crippen molar-refractivity contribution in [2.75, 3.05) is 32.8 Å². The van der Waals surface area contributed by atoms with Gasteiger partial charge in [0.05, 0.1) is 13.2 Å². The number of amides is 1. The van der Waals surface area contributed by atoms with Crippen molar-refractivity contribution in [1.82, 2.24) is 10.2 Å². The predicted molar refractivity (Wildman–Crippen MR) is 79.4 cm³/mol. The number of rotatable bonds is 5. The Kier molecular flexibility index (Phi) is 6.26. The Bertz CT molecular complexity index is 311. The number of morpholine rings is 1. The molecule has 2 fully saturated rings. The van der Waals surface area contributed by atoms with Crippen molar-refractivity contribution in [1.29, 1.82) is 0 Å². The number of carbonyl (C=O) groups is 1. The lowest BCUT2D eigenvalue weighted by molar-refractivity contribution is -0.136.